The smallest absolute Gasteiger partial charge is 0.414 e. The molecular weight excluding hydrogens is 432 g/mol. The van der Waals surface area contributed by atoms with Gasteiger partial charge in [0.15, 0.2) is 0 Å². The van der Waals surface area contributed by atoms with Crippen LogP contribution in [0.5, 0.6) is 5.75 Å². The first-order chi connectivity index (χ1) is 16.2. The summed E-state index contributed by atoms with van der Waals surface area (Å²) in [4.78, 5) is 29.1. The number of nitrogens with one attached hydrogen (secondary N) is 1. The minimum atomic E-state index is -0.486. The zero-order valence-electron chi connectivity index (χ0n) is 20.2. The highest BCUT2D eigenvalue weighted by Gasteiger charge is 2.21. The first kappa shape index (κ1) is 23.8. The van der Waals surface area contributed by atoms with E-state index in [0.29, 0.717) is 35.5 Å². The van der Waals surface area contributed by atoms with Crippen molar-refractivity contribution in [2.75, 3.05) is 46.0 Å². The summed E-state index contributed by atoms with van der Waals surface area (Å²) < 4.78 is 11.3. The standard InChI is InChI=1S/C26H32N4O4/c1-16-12-19-21(15-30-10-8-28-9-11-30)20(13-18-6-5-7-22(27)17(18)2)25(31)33-24(19)14-23(16)34-26(32)29(3)4/h5-7,12,14,28H,8-11,13,15,27H2,1-4H3. The molecule has 0 atom stereocenters. The number of aryl methyl sites for hydroxylation is 1. The maximum absolute atomic E-state index is 13.3. The fraction of sp³-hybridized carbons (Fsp3) is 0.385. The van der Waals surface area contributed by atoms with Gasteiger partial charge in [-0.1, -0.05) is 12.1 Å². The third-order valence-electron chi connectivity index (χ3n) is 6.42. The number of piperazine rings is 1. The number of carbonyl (C=O) groups excluding carboxylic acids is 1. The molecule has 8 heteroatoms. The second kappa shape index (κ2) is 9.87. The summed E-state index contributed by atoms with van der Waals surface area (Å²) in [6.07, 6.45) is -0.0490. The van der Waals surface area contributed by atoms with Gasteiger partial charge in [0.05, 0.1) is 0 Å². The number of hydrogen-bond donors (Lipinski definition) is 2. The molecule has 0 aliphatic carbocycles. The van der Waals surface area contributed by atoms with Crippen molar-refractivity contribution in [2.45, 2.75) is 26.8 Å². The van der Waals surface area contributed by atoms with Gasteiger partial charge in [-0.05, 0) is 48.2 Å². The summed E-state index contributed by atoms with van der Waals surface area (Å²) in [5, 5.41) is 4.23. The fourth-order valence-corrected chi connectivity index (χ4v) is 4.27. The number of nitrogens with zero attached hydrogens (tertiary/aromatic N) is 2. The Bertz CT molecular complexity index is 1280. The number of nitrogen functional groups attached to an aromatic ring is 1. The summed E-state index contributed by atoms with van der Waals surface area (Å²) in [7, 11) is 3.24. The molecule has 0 unspecified atom stereocenters. The monoisotopic (exact) mass is 464 g/mol. The molecule has 1 aliphatic heterocycles. The van der Waals surface area contributed by atoms with Crippen molar-refractivity contribution in [3.63, 3.8) is 0 Å². The SMILES string of the molecule is Cc1cc2c(CN3CCNCC3)c(Cc3cccc(N)c3C)c(=O)oc2cc1OC(=O)N(C)C. The number of ether oxygens (including phenoxy) is 1. The second-order valence-corrected chi connectivity index (χ2v) is 9.06. The summed E-state index contributed by atoms with van der Waals surface area (Å²) in [5.41, 5.74) is 11.2. The van der Waals surface area contributed by atoms with Gasteiger partial charge >= 0.3 is 11.7 Å². The second-order valence-electron chi connectivity index (χ2n) is 9.06. The Morgan fingerprint density at radius 1 is 1.18 bits per heavy atom. The molecule has 2 aromatic carbocycles. The van der Waals surface area contributed by atoms with Gasteiger partial charge in [-0.25, -0.2) is 9.59 Å². The first-order valence-electron chi connectivity index (χ1n) is 11.5. The predicted molar refractivity (Wildman–Crippen MR) is 133 cm³/mol. The summed E-state index contributed by atoms with van der Waals surface area (Å²) >= 11 is 0. The lowest BCUT2D eigenvalue weighted by Crippen LogP contribution is -2.43. The molecule has 0 spiro atoms. The van der Waals surface area contributed by atoms with Crippen LogP contribution in [0.1, 0.15) is 27.8 Å². The summed E-state index contributed by atoms with van der Waals surface area (Å²) in [6, 6.07) is 9.36. The molecule has 3 aromatic rings. The van der Waals surface area contributed by atoms with E-state index in [9.17, 15) is 9.59 Å². The van der Waals surface area contributed by atoms with E-state index in [-0.39, 0.29) is 5.63 Å². The van der Waals surface area contributed by atoms with E-state index in [1.165, 1.54) is 4.90 Å². The average molecular weight is 465 g/mol. The molecule has 1 saturated heterocycles. The minimum Gasteiger partial charge on any atom is -0.422 e. The molecule has 0 saturated carbocycles. The van der Waals surface area contributed by atoms with Crippen molar-refractivity contribution in [1.82, 2.24) is 15.1 Å². The quantitative estimate of drug-likeness (QED) is 0.442. The maximum Gasteiger partial charge on any atom is 0.414 e. The largest absolute Gasteiger partial charge is 0.422 e. The van der Waals surface area contributed by atoms with Crippen molar-refractivity contribution in [1.29, 1.82) is 0 Å². The molecule has 1 aliphatic rings. The molecule has 4 rings (SSSR count). The summed E-state index contributed by atoms with van der Waals surface area (Å²) in [5.74, 6) is 0.377. The third kappa shape index (κ3) is 4.93. The topological polar surface area (TPSA) is 101 Å². The van der Waals surface area contributed by atoms with Gasteiger partial charge < -0.3 is 25.1 Å². The molecule has 180 valence electrons. The van der Waals surface area contributed by atoms with Crippen LogP contribution in [-0.2, 0) is 13.0 Å². The van der Waals surface area contributed by atoms with E-state index in [2.05, 4.69) is 10.2 Å². The van der Waals surface area contributed by atoms with Gasteiger partial charge in [0.1, 0.15) is 11.3 Å². The van der Waals surface area contributed by atoms with Crippen LogP contribution in [-0.4, -0.2) is 56.2 Å². The molecule has 0 bridgehead atoms. The number of nitrogens with two attached hydrogens (primary N) is 1. The van der Waals surface area contributed by atoms with Crippen molar-refractivity contribution < 1.29 is 13.9 Å². The van der Waals surface area contributed by atoms with Crippen LogP contribution in [0.15, 0.2) is 39.5 Å². The molecule has 34 heavy (non-hydrogen) atoms. The van der Waals surface area contributed by atoms with Gasteiger partial charge in [0.25, 0.3) is 0 Å². The van der Waals surface area contributed by atoms with E-state index in [1.807, 2.05) is 38.1 Å². The average Bonchev–Trinajstić information content (AvgIpc) is 2.80. The van der Waals surface area contributed by atoms with Gasteiger partial charge in [-0.15, -0.1) is 0 Å². The molecule has 0 radical (unpaired) electrons. The van der Waals surface area contributed by atoms with Crippen LogP contribution in [0, 0.1) is 13.8 Å². The van der Waals surface area contributed by atoms with Crippen LogP contribution >= 0.6 is 0 Å². The molecule has 1 fully saturated rings. The van der Waals surface area contributed by atoms with Gasteiger partial charge in [0, 0.05) is 75.9 Å². The highest BCUT2D eigenvalue weighted by atomic mass is 16.6. The molecule has 1 amide bonds. The normalized spacial score (nSPS) is 14.4. The van der Waals surface area contributed by atoms with E-state index in [1.54, 1.807) is 20.2 Å². The van der Waals surface area contributed by atoms with Crippen LogP contribution in [0.25, 0.3) is 11.0 Å². The minimum absolute atomic E-state index is 0.377. The van der Waals surface area contributed by atoms with Crippen LogP contribution in [0.3, 0.4) is 0 Å². The van der Waals surface area contributed by atoms with E-state index < -0.39 is 6.09 Å². The number of hydrogen-bond acceptors (Lipinski definition) is 7. The van der Waals surface area contributed by atoms with Crippen molar-refractivity contribution >= 4 is 22.7 Å². The lowest BCUT2D eigenvalue weighted by atomic mass is 9.94. The van der Waals surface area contributed by atoms with Gasteiger partial charge in [-0.3, -0.25) is 4.90 Å². The zero-order valence-corrected chi connectivity index (χ0v) is 20.2. The first-order valence-corrected chi connectivity index (χ1v) is 11.5. The number of fused-ring (bicyclic) bond motifs is 1. The number of amides is 1. The predicted octanol–water partition coefficient (Wildman–Crippen LogP) is 3.05. The van der Waals surface area contributed by atoms with E-state index >= 15 is 0 Å². The Kier molecular flexibility index (Phi) is 6.90. The number of anilines is 1. The Labute approximate surface area is 199 Å². The fourth-order valence-electron chi connectivity index (χ4n) is 4.27. The van der Waals surface area contributed by atoms with Crippen LogP contribution in [0.4, 0.5) is 10.5 Å². The molecule has 3 N–H and O–H groups in total. The van der Waals surface area contributed by atoms with Crippen molar-refractivity contribution in [3.05, 3.63) is 68.6 Å². The Hall–Kier alpha value is -3.36. The Balaban J connectivity index is 1.85. The van der Waals surface area contributed by atoms with Gasteiger partial charge in [0.2, 0.25) is 0 Å². The zero-order chi connectivity index (χ0) is 24.4. The van der Waals surface area contributed by atoms with Crippen LogP contribution < -0.4 is 21.4 Å². The Morgan fingerprint density at radius 2 is 1.91 bits per heavy atom. The van der Waals surface area contributed by atoms with Crippen LogP contribution in [0.2, 0.25) is 0 Å². The highest BCUT2D eigenvalue weighted by molar-refractivity contribution is 5.85. The van der Waals surface area contributed by atoms with E-state index in [0.717, 1.165) is 53.8 Å². The number of carbonyl (C=O) groups is 1. The van der Waals surface area contributed by atoms with Crippen molar-refractivity contribution in [3.8, 4) is 5.75 Å². The highest BCUT2D eigenvalue weighted by Crippen LogP contribution is 2.31. The number of rotatable bonds is 5. The van der Waals surface area contributed by atoms with E-state index in [4.69, 9.17) is 14.9 Å². The van der Waals surface area contributed by atoms with Gasteiger partial charge in [-0.2, -0.15) is 0 Å². The third-order valence-corrected chi connectivity index (χ3v) is 6.42. The lowest BCUT2D eigenvalue weighted by molar-refractivity contribution is 0.171. The van der Waals surface area contributed by atoms with Crippen molar-refractivity contribution in [2.24, 2.45) is 0 Å². The maximum atomic E-state index is 13.3. The molecule has 8 nitrogen and oxygen atoms in total. The Morgan fingerprint density at radius 3 is 2.62 bits per heavy atom. The molecule has 1 aromatic heterocycles. The molecule has 2 heterocycles. The summed E-state index contributed by atoms with van der Waals surface area (Å²) in [6.45, 7) is 8.11. The number of benzene rings is 2. The lowest BCUT2D eigenvalue weighted by Gasteiger charge is -2.28. The molecular formula is C26H32N4O4.